The molecule has 2 aromatic rings. The highest BCUT2D eigenvalue weighted by Gasteiger charge is 2.00. The Morgan fingerprint density at radius 3 is 2.53 bits per heavy atom. The maximum Gasteiger partial charge on any atom is 0.150 e. The van der Waals surface area contributed by atoms with Gasteiger partial charge in [-0.3, -0.25) is 4.79 Å². The van der Waals surface area contributed by atoms with Gasteiger partial charge in [0.05, 0.1) is 6.61 Å². The minimum atomic E-state index is 0.695. The van der Waals surface area contributed by atoms with E-state index in [1.165, 1.54) is 0 Å². The summed E-state index contributed by atoms with van der Waals surface area (Å²) in [5.74, 6) is 0.892. The van der Waals surface area contributed by atoms with Crippen LogP contribution in [0.25, 0.3) is 11.1 Å². The second-order valence-corrected chi connectivity index (χ2v) is 4.47. The summed E-state index contributed by atoms with van der Waals surface area (Å²) in [5, 5.41) is 0. The molecule has 0 spiro atoms. The van der Waals surface area contributed by atoms with Crippen LogP contribution in [0.5, 0.6) is 5.75 Å². The van der Waals surface area contributed by atoms with Crippen molar-refractivity contribution in [1.29, 1.82) is 0 Å². The minimum Gasteiger partial charge on any atom is -0.494 e. The fourth-order valence-electron chi connectivity index (χ4n) is 1.87. The third kappa shape index (κ3) is 3.68. The summed E-state index contributed by atoms with van der Waals surface area (Å²) in [6.07, 6.45) is 3.07. The molecule has 0 N–H and O–H groups in total. The number of ether oxygens (including phenoxy) is 1. The Labute approximate surface area is 114 Å². The third-order valence-electron chi connectivity index (χ3n) is 2.98. The molecule has 0 unspecified atom stereocenters. The standard InChI is InChI=1S/C17H18O2/c1-2-3-11-19-17-9-7-15(8-10-17)16-6-4-5-14(12-16)13-18/h4-10,12-13H,2-3,11H2,1H3. The first-order valence-corrected chi connectivity index (χ1v) is 6.62. The molecule has 0 saturated heterocycles. The van der Waals surface area contributed by atoms with E-state index in [1.807, 2.05) is 42.5 Å². The highest BCUT2D eigenvalue weighted by atomic mass is 16.5. The van der Waals surface area contributed by atoms with Crippen molar-refractivity contribution < 1.29 is 9.53 Å². The van der Waals surface area contributed by atoms with E-state index >= 15 is 0 Å². The van der Waals surface area contributed by atoms with Gasteiger partial charge in [-0.1, -0.05) is 43.7 Å². The maximum atomic E-state index is 10.8. The molecule has 0 fully saturated rings. The number of aldehydes is 1. The molecular formula is C17H18O2. The van der Waals surface area contributed by atoms with E-state index in [9.17, 15) is 4.79 Å². The highest BCUT2D eigenvalue weighted by Crippen LogP contribution is 2.23. The lowest BCUT2D eigenvalue weighted by Gasteiger charge is -2.07. The first-order chi connectivity index (χ1) is 9.33. The van der Waals surface area contributed by atoms with Crippen molar-refractivity contribution >= 4 is 6.29 Å². The number of hydrogen-bond acceptors (Lipinski definition) is 2. The molecule has 19 heavy (non-hydrogen) atoms. The number of carbonyl (C=O) groups is 1. The van der Waals surface area contributed by atoms with Crippen LogP contribution >= 0.6 is 0 Å². The van der Waals surface area contributed by atoms with Crippen LogP contribution in [0.1, 0.15) is 30.1 Å². The van der Waals surface area contributed by atoms with Gasteiger partial charge in [0.15, 0.2) is 0 Å². The lowest BCUT2D eigenvalue weighted by molar-refractivity contribution is 0.112. The molecule has 0 amide bonds. The Kier molecular flexibility index (Phi) is 4.73. The van der Waals surface area contributed by atoms with Crippen molar-refractivity contribution in [3.05, 3.63) is 54.1 Å². The van der Waals surface area contributed by atoms with E-state index in [1.54, 1.807) is 6.07 Å². The van der Waals surface area contributed by atoms with Crippen LogP contribution in [0.15, 0.2) is 48.5 Å². The second-order valence-electron chi connectivity index (χ2n) is 4.47. The second kappa shape index (κ2) is 6.74. The zero-order valence-electron chi connectivity index (χ0n) is 11.1. The van der Waals surface area contributed by atoms with Gasteiger partial charge < -0.3 is 4.74 Å². The quantitative estimate of drug-likeness (QED) is 0.566. The maximum absolute atomic E-state index is 10.8. The summed E-state index contributed by atoms with van der Waals surface area (Å²) in [4.78, 5) is 10.8. The number of carbonyl (C=O) groups excluding carboxylic acids is 1. The van der Waals surface area contributed by atoms with Gasteiger partial charge in [0.1, 0.15) is 12.0 Å². The number of benzene rings is 2. The van der Waals surface area contributed by atoms with Gasteiger partial charge >= 0.3 is 0 Å². The van der Waals surface area contributed by atoms with E-state index in [2.05, 4.69) is 6.92 Å². The lowest BCUT2D eigenvalue weighted by Crippen LogP contribution is -1.95. The first kappa shape index (κ1) is 13.3. The molecule has 0 saturated carbocycles. The predicted molar refractivity (Wildman–Crippen MR) is 77.7 cm³/mol. The van der Waals surface area contributed by atoms with Crippen molar-refractivity contribution in [2.45, 2.75) is 19.8 Å². The Morgan fingerprint density at radius 1 is 1.05 bits per heavy atom. The Balaban J connectivity index is 2.10. The van der Waals surface area contributed by atoms with Gasteiger partial charge in [0, 0.05) is 5.56 Å². The van der Waals surface area contributed by atoms with Crippen molar-refractivity contribution in [2.24, 2.45) is 0 Å². The van der Waals surface area contributed by atoms with Gasteiger partial charge in [0.25, 0.3) is 0 Å². The topological polar surface area (TPSA) is 26.3 Å². The van der Waals surface area contributed by atoms with Gasteiger partial charge in [-0.25, -0.2) is 0 Å². The highest BCUT2D eigenvalue weighted by molar-refractivity contribution is 5.78. The van der Waals surface area contributed by atoms with Crippen LogP contribution in [0, 0.1) is 0 Å². The average molecular weight is 254 g/mol. The van der Waals surface area contributed by atoms with Gasteiger partial charge in [-0.15, -0.1) is 0 Å². The third-order valence-corrected chi connectivity index (χ3v) is 2.98. The van der Waals surface area contributed by atoms with Gasteiger partial charge in [-0.2, -0.15) is 0 Å². The van der Waals surface area contributed by atoms with Crippen LogP contribution in [-0.2, 0) is 0 Å². The molecular weight excluding hydrogens is 236 g/mol. The molecule has 0 aliphatic rings. The Bertz CT molecular complexity index is 529. The molecule has 2 aromatic carbocycles. The zero-order valence-corrected chi connectivity index (χ0v) is 11.1. The molecule has 0 aliphatic carbocycles. The molecule has 2 heteroatoms. The summed E-state index contributed by atoms with van der Waals surface area (Å²) in [6.45, 7) is 2.91. The van der Waals surface area contributed by atoms with Gasteiger partial charge in [-0.05, 0) is 35.7 Å². The predicted octanol–water partition coefficient (Wildman–Crippen LogP) is 4.35. The van der Waals surface area contributed by atoms with E-state index in [0.29, 0.717) is 5.56 Å². The van der Waals surface area contributed by atoms with Crippen molar-refractivity contribution in [3.63, 3.8) is 0 Å². The minimum absolute atomic E-state index is 0.695. The van der Waals surface area contributed by atoms with Gasteiger partial charge in [0.2, 0.25) is 0 Å². The number of rotatable bonds is 6. The van der Waals surface area contributed by atoms with Crippen molar-refractivity contribution in [1.82, 2.24) is 0 Å². The normalized spacial score (nSPS) is 10.2. The molecule has 2 rings (SSSR count). The summed E-state index contributed by atoms with van der Waals surface area (Å²) in [5.41, 5.74) is 2.83. The van der Waals surface area contributed by atoms with Crippen LogP contribution in [0.2, 0.25) is 0 Å². The molecule has 98 valence electrons. The molecule has 2 nitrogen and oxygen atoms in total. The summed E-state index contributed by atoms with van der Waals surface area (Å²) >= 11 is 0. The molecule has 0 bridgehead atoms. The summed E-state index contributed by atoms with van der Waals surface area (Å²) in [6, 6.07) is 15.6. The Morgan fingerprint density at radius 2 is 1.84 bits per heavy atom. The number of unbranched alkanes of at least 4 members (excludes halogenated alkanes) is 1. The monoisotopic (exact) mass is 254 g/mol. The fraction of sp³-hybridized carbons (Fsp3) is 0.235. The molecule has 0 atom stereocenters. The molecule has 0 aromatic heterocycles. The van der Waals surface area contributed by atoms with Crippen LogP contribution in [-0.4, -0.2) is 12.9 Å². The van der Waals surface area contributed by atoms with E-state index < -0.39 is 0 Å². The van der Waals surface area contributed by atoms with E-state index in [4.69, 9.17) is 4.74 Å². The molecule has 0 heterocycles. The fourth-order valence-corrected chi connectivity index (χ4v) is 1.87. The lowest BCUT2D eigenvalue weighted by atomic mass is 10.0. The Hall–Kier alpha value is -2.09. The largest absolute Gasteiger partial charge is 0.494 e. The van der Waals surface area contributed by atoms with Crippen molar-refractivity contribution in [3.8, 4) is 16.9 Å². The smallest absolute Gasteiger partial charge is 0.150 e. The van der Waals surface area contributed by atoms with Crippen LogP contribution < -0.4 is 4.74 Å². The van der Waals surface area contributed by atoms with Crippen LogP contribution in [0.4, 0.5) is 0 Å². The molecule has 0 aliphatic heterocycles. The molecule has 0 radical (unpaired) electrons. The first-order valence-electron chi connectivity index (χ1n) is 6.62. The summed E-state index contributed by atoms with van der Waals surface area (Å²) in [7, 11) is 0. The van der Waals surface area contributed by atoms with E-state index in [-0.39, 0.29) is 0 Å². The van der Waals surface area contributed by atoms with Crippen LogP contribution in [0.3, 0.4) is 0 Å². The SMILES string of the molecule is CCCCOc1ccc(-c2cccc(C=O)c2)cc1. The summed E-state index contributed by atoms with van der Waals surface area (Å²) < 4.78 is 5.63. The average Bonchev–Trinajstić information content (AvgIpc) is 2.48. The van der Waals surface area contributed by atoms with Crippen molar-refractivity contribution in [2.75, 3.05) is 6.61 Å². The zero-order chi connectivity index (χ0) is 13.5. The van der Waals surface area contributed by atoms with E-state index in [0.717, 1.165) is 42.6 Å². The number of hydrogen-bond donors (Lipinski definition) is 0.